The maximum Gasteiger partial charge on any atom is 0.244 e. The third kappa shape index (κ3) is 4.41. The highest BCUT2D eigenvalue weighted by Gasteiger charge is 2.51. The number of carbonyl (C=O) groups is 1. The summed E-state index contributed by atoms with van der Waals surface area (Å²) in [7, 11) is -3.93. The summed E-state index contributed by atoms with van der Waals surface area (Å²) in [6, 6.07) is 7.77. The first-order chi connectivity index (χ1) is 19.8. The molecule has 4 aromatic rings. The van der Waals surface area contributed by atoms with Crippen LogP contribution in [0.25, 0.3) is 11.8 Å². The van der Waals surface area contributed by atoms with Gasteiger partial charge in [0.15, 0.2) is 5.01 Å². The SMILES string of the molecule is O=C(c1nccs1)[C@]12Cc3cnn(-c4ccc(F)cc4)c3C=C1CCN(S(=O)(=O)c1cncc(N3CCCC3)c1)C2. The molecule has 3 aliphatic rings. The highest BCUT2D eigenvalue weighted by Crippen LogP contribution is 2.47. The van der Waals surface area contributed by atoms with Crippen molar-refractivity contribution >= 4 is 38.9 Å². The van der Waals surface area contributed by atoms with Crippen molar-refractivity contribution in [2.45, 2.75) is 30.6 Å². The van der Waals surface area contributed by atoms with Gasteiger partial charge in [-0.15, -0.1) is 11.3 Å². The summed E-state index contributed by atoms with van der Waals surface area (Å²) in [5.74, 6) is -0.529. The zero-order valence-corrected chi connectivity index (χ0v) is 23.7. The molecule has 0 amide bonds. The number of anilines is 1. The molecule has 3 aromatic heterocycles. The molecule has 2 saturated heterocycles. The second-order valence-electron chi connectivity index (χ2n) is 10.7. The molecule has 5 heterocycles. The van der Waals surface area contributed by atoms with Crippen LogP contribution in [0.3, 0.4) is 0 Å². The molecule has 12 heteroatoms. The molecule has 210 valence electrons. The number of ketones is 1. The van der Waals surface area contributed by atoms with Crippen molar-refractivity contribution in [3.8, 4) is 5.69 Å². The Morgan fingerprint density at radius 2 is 1.83 bits per heavy atom. The summed E-state index contributed by atoms with van der Waals surface area (Å²) in [5, 5.41) is 6.65. The molecule has 1 aromatic carbocycles. The van der Waals surface area contributed by atoms with Gasteiger partial charge in [0, 0.05) is 44.0 Å². The maximum absolute atomic E-state index is 14.2. The lowest BCUT2D eigenvalue weighted by Gasteiger charge is -2.44. The summed E-state index contributed by atoms with van der Waals surface area (Å²) in [6.07, 6.45) is 11.2. The van der Waals surface area contributed by atoms with E-state index in [-0.39, 0.29) is 36.0 Å². The molecule has 1 aliphatic carbocycles. The molecular formula is C29H27FN6O3S2. The lowest BCUT2D eigenvalue weighted by molar-refractivity contribution is 0.0775. The van der Waals surface area contributed by atoms with Gasteiger partial charge in [0.25, 0.3) is 0 Å². The number of thiazole rings is 1. The first kappa shape index (κ1) is 26.2. The molecule has 0 bridgehead atoms. The van der Waals surface area contributed by atoms with Gasteiger partial charge in [0.1, 0.15) is 10.7 Å². The number of nitrogens with zero attached hydrogens (tertiary/aromatic N) is 6. The predicted molar refractivity (Wildman–Crippen MR) is 153 cm³/mol. The normalized spacial score (nSPS) is 20.9. The Kier molecular flexibility index (Phi) is 6.36. The minimum absolute atomic E-state index is 0.00527. The van der Waals surface area contributed by atoms with Gasteiger partial charge in [-0.1, -0.05) is 5.57 Å². The molecule has 2 fully saturated rings. The number of pyridine rings is 1. The molecule has 7 rings (SSSR count). The number of hydrogen-bond acceptors (Lipinski definition) is 8. The Bertz CT molecular complexity index is 1760. The van der Waals surface area contributed by atoms with Crippen molar-refractivity contribution < 1.29 is 17.6 Å². The number of carbonyl (C=O) groups excluding carboxylic acids is 1. The topological polar surface area (TPSA) is 101 Å². The third-order valence-corrected chi connectivity index (χ3v) is 10.9. The second kappa shape index (κ2) is 9.97. The zero-order valence-electron chi connectivity index (χ0n) is 22.1. The summed E-state index contributed by atoms with van der Waals surface area (Å²) in [6.45, 7) is 1.98. The van der Waals surface area contributed by atoms with Crippen LogP contribution in [0, 0.1) is 11.2 Å². The van der Waals surface area contributed by atoms with E-state index in [0.717, 1.165) is 48.4 Å². The second-order valence-corrected chi connectivity index (χ2v) is 13.5. The predicted octanol–water partition coefficient (Wildman–Crippen LogP) is 4.37. The van der Waals surface area contributed by atoms with Crippen molar-refractivity contribution in [1.82, 2.24) is 24.1 Å². The van der Waals surface area contributed by atoms with Crippen molar-refractivity contribution in [1.29, 1.82) is 0 Å². The number of benzene rings is 1. The summed E-state index contributed by atoms with van der Waals surface area (Å²) < 4.78 is 44.8. The number of sulfonamides is 1. The van der Waals surface area contributed by atoms with Gasteiger partial charge in [-0.3, -0.25) is 9.78 Å². The number of rotatable bonds is 6. The van der Waals surface area contributed by atoms with E-state index in [0.29, 0.717) is 17.1 Å². The van der Waals surface area contributed by atoms with Gasteiger partial charge in [-0.2, -0.15) is 9.40 Å². The van der Waals surface area contributed by atoms with E-state index in [1.54, 1.807) is 46.9 Å². The summed E-state index contributed by atoms with van der Waals surface area (Å²) in [5.41, 5.74) is 2.86. The van der Waals surface area contributed by atoms with Crippen LogP contribution in [-0.2, 0) is 16.4 Å². The Morgan fingerprint density at radius 1 is 1.02 bits per heavy atom. The van der Waals surface area contributed by atoms with Crippen LogP contribution in [0.1, 0.15) is 40.3 Å². The standard InChI is InChI=1S/C29H27FN6O3S2/c30-22-3-5-23(6-4-22)36-26-13-21-7-11-35(41(38,39)25-14-24(17-31-18-25)34-9-1-2-10-34)19-29(21,15-20(26)16-33-36)27(37)28-32-8-12-40-28/h3-6,8,12-14,16-18H,1-2,7,9-11,15,19H2/t29-/m0/s1. The van der Waals surface area contributed by atoms with Crippen molar-refractivity contribution in [3.63, 3.8) is 0 Å². The van der Waals surface area contributed by atoms with E-state index in [1.807, 2.05) is 6.08 Å². The lowest BCUT2D eigenvalue weighted by Crippen LogP contribution is -2.53. The smallest absolute Gasteiger partial charge is 0.244 e. The molecule has 41 heavy (non-hydrogen) atoms. The molecule has 2 aliphatic heterocycles. The zero-order chi connectivity index (χ0) is 28.2. The highest BCUT2D eigenvalue weighted by molar-refractivity contribution is 7.89. The molecular weight excluding hydrogens is 563 g/mol. The first-order valence-corrected chi connectivity index (χ1v) is 15.9. The minimum atomic E-state index is -3.93. The molecule has 9 nitrogen and oxygen atoms in total. The average molecular weight is 591 g/mol. The Labute approximate surface area is 241 Å². The molecule has 0 radical (unpaired) electrons. The van der Waals surface area contributed by atoms with Crippen molar-refractivity contribution in [3.05, 3.63) is 88.2 Å². The third-order valence-electron chi connectivity index (χ3n) is 8.32. The highest BCUT2D eigenvalue weighted by atomic mass is 32.2. The Hall–Kier alpha value is -3.74. The maximum atomic E-state index is 14.2. The monoisotopic (exact) mass is 590 g/mol. The fraction of sp³-hybridized carbons (Fsp3) is 0.310. The van der Waals surface area contributed by atoms with Gasteiger partial charge < -0.3 is 4.90 Å². The molecule has 0 unspecified atom stereocenters. The Morgan fingerprint density at radius 3 is 2.59 bits per heavy atom. The van der Waals surface area contributed by atoms with Gasteiger partial charge >= 0.3 is 0 Å². The van der Waals surface area contributed by atoms with Gasteiger partial charge in [0.05, 0.1) is 34.9 Å². The van der Waals surface area contributed by atoms with Crippen molar-refractivity contribution in [2.24, 2.45) is 5.41 Å². The van der Waals surface area contributed by atoms with Gasteiger partial charge in [-0.25, -0.2) is 22.5 Å². The number of aromatic nitrogens is 4. The van der Waals surface area contributed by atoms with E-state index in [1.165, 1.54) is 34.0 Å². The van der Waals surface area contributed by atoms with Crippen LogP contribution in [0.4, 0.5) is 10.1 Å². The van der Waals surface area contributed by atoms with E-state index in [4.69, 9.17) is 0 Å². The Balaban J connectivity index is 1.28. The van der Waals surface area contributed by atoms with E-state index in [2.05, 4.69) is 20.0 Å². The number of piperidine rings is 1. The fourth-order valence-corrected chi connectivity index (χ4v) is 8.35. The average Bonchev–Trinajstić information content (AvgIpc) is 3.78. The minimum Gasteiger partial charge on any atom is -0.370 e. The van der Waals surface area contributed by atoms with Gasteiger partial charge in [-0.05, 0) is 67.7 Å². The molecule has 0 saturated carbocycles. The molecule has 0 N–H and O–H groups in total. The van der Waals surface area contributed by atoms with Crippen LogP contribution in [-0.4, -0.2) is 64.4 Å². The summed E-state index contributed by atoms with van der Waals surface area (Å²) in [4.78, 5) is 25.0. The van der Waals surface area contributed by atoms with Crippen LogP contribution in [0.5, 0.6) is 0 Å². The van der Waals surface area contributed by atoms with Crippen LogP contribution < -0.4 is 4.90 Å². The first-order valence-electron chi connectivity index (χ1n) is 13.5. The lowest BCUT2D eigenvalue weighted by atomic mass is 9.66. The fourth-order valence-electron chi connectivity index (χ4n) is 6.19. The number of hydrogen-bond donors (Lipinski definition) is 0. The van der Waals surface area contributed by atoms with E-state index < -0.39 is 15.4 Å². The quantitative estimate of drug-likeness (QED) is 0.308. The molecule has 0 spiro atoms. The largest absolute Gasteiger partial charge is 0.370 e. The van der Waals surface area contributed by atoms with Gasteiger partial charge in [0.2, 0.25) is 15.8 Å². The van der Waals surface area contributed by atoms with Crippen molar-refractivity contribution in [2.75, 3.05) is 31.1 Å². The summed E-state index contributed by atoms with van der Waals surface area (Å²) >= 11 is 1.25. The number of Topliss-reactive ketones (excluding diaryl/α,β-unsaturated/α-hetero) is 1. The van der Waals surface area contributed by atoms with E-state index in [9.17, 15) is 17.6 Å². The number of fused-ring (bicyclic) bond motifs is 2. The van der Waals surface area contributed by atoms with Crippen LogP contribution >= 0.6 is 11.3 Å². The number of halogens is 1. The van der Waals surface area contributed by atoms with Crippen LogP contribution in [0.15, 0.2) is 71.0 Å². The van der Waals surface area contributed by atoms with Crippen LogP contribution in [0.2, 0.25) is 0 Å². The van der Waals surface area contributed by atoms with E-state index >= 15 is 0 Å². The molecule has 1 atom stereocenters.